The Morgan fingerprint density at radius 1 is 1.30 bits per heavy atom. The lowest BCUT2D eigenvalue weighted by atomic mass is 9.64. The summed E-state index contributed by atoms with van der Waals surface area (Å²) in [7, 11) is 0. The highest BCUT2D eigenvalue weighted by molar-refractivity contribution is 5.36. The van der Waals surface area contributed by atoms with Gasteiger partial charge in [-0.1, -0.05) is 32.9 Å². The highest BCUT2D eigenvalue weighted by Crippen LogP contribution is 2.45. The minimum atomic E-state index is -4.38. The Morgan fingerprint density at radius 3 is 2.50 bits per heavy atom. The molecule has 1 N–H and O–H groups in total. The monoisotopic (exact) mass is 287 g/mol. The number of para-hydroxylation sites is 1. The molecule has 5 heteroatoms. The van der Waals surface area contributed by atoms with E-state index < -0.39 is 11.7 Å². The number of halogens is 3. The average molecular weight is 287 g/mol. The van der Waals surface area contributed by atoms with Gasteiger partial charge in [-0.15, -0.1) is 0 Å². The lowest BCUT2D eigenvalue weighted by molar-refractivity contribution is -0.141. The first-order valence-electron chi connectivity index (χ1n) is 6.83. The molecule has 2 nitrogen and oxygen atoms in total. The molecule has 2 unspecified atom stereocenters. The molecular weight excluding hydrogens is 267 g/mol. The highest BCUT2D eigenvalue weighted by Gasteiger charge is 2.50. The van der Waals surface area contributed by atoms with E-state index in [1.165, 1.54) is 12.1 Å². The maximum Gasteiger partial charge on any atom is 0.419 e. The molecule has 1 fully saturated rings. The number of ether oxygens (including phenoxy) is 1. The molecule has 0 aromatic heterocycles. The molecule has 0 radical (unpaired) electrons. The number of hydrogen-bond acceptors (Lipinski definition) is 2. The second-order valence-electron chi connectivity index (χ2n) is 5.77. The Morgan fingerprint density at radius 2 is 1.95 bits per heavy atom. The third kappa shape index (κ3) is 2.77. The molecule has 2 rings (SSSR count). The van der Waals surface area contributed by atoms with E-state index in [0.717, 1.165) is 19.0 Å². The first kappa shape index (κ1) is 15.2. The van der Waals surface area contributed by atoms with Gasteiger partial charge in [-0.05, 0) is 18.7 Å². The average Bonchev–Trinajstić information content (AvgIpc) is 2.37. The molecule has 2 atom stereocenters. The van der Waals surface area contributed by atoms with E-state index >= 15 is 0 Å². The first-order chi connectivity index (χ1) is 9.26. The summed E-state index contributed by atoms with van der Waals surface area (Å²) < 4.78 is 44.4. The van der Waals surface area contributed by atoms with Gasteiger partial charge in [-0.2, -0.15) is 13.2 Å². The van der Waals surface area contributed by atoms with Crippen LogP contribution in [0.4, 0.5) is 13.2 Å². The van der Waals surface area contributed by atoms with Crippen LogP contribution in [0.15, 0.2) is 24.3 Å². The minimum Gasteiger partial charge on any atom is -0.489 e. The zero-order valence-corrected chi connectivity index (χ0v) is 11.9. The zero-order valence-electron chi connectivity index (χ0n) is 11.9. The molecule has 1 aliphatic rings. The van der Waals surface area contributed by atoms with Gasteiger partial charge in [-0.3, -0.25) is 0 Å². The van der Waals surface area contributed by atoms with Crippen LogP contribution in [0.2, 0.25) is 0 Å². The fraction of sp³-hybridized carbons (Fsp3) is 0.600. The van der Waals surface area contributed by atoms with Crippen molar-refractivity contribution in [3.63, 3.8) is 0 Å². The summed E-state index contributed by atoms with van der Waals surface area (Å²) in [6.45, 7) is 6.90. The van der Waals surface area contributed by atoms with Crippen LogP contribution in [0.3, 0.4) is 0 Å². The van der Waals surface area contributed by atoms with Crippen LogP contribution < -0.4 is 10.1 Å². The molecule has 0 amide bonds. The molecule has 1 aromatic rings. The van der Waals surface area contributed by atoms with Crippen molar-refractivity contribution in [3.05, 3.63) is 29.8 Å². The molecular formula is C15H20F3NO. The van der Waals surface area contributed by atoms with Crippen molar-refractivity contribution in [1.29, 1.82) is 0 Å². The van der Waals surface area contributed by atoms with E-state index in [9.17, 15) is 13.2 Å². The van der Waals surface area contributed by atoms with Crippen molar-refractivity contribution in [2.24, 2.45) is 5.41 Å². The van der Waals surface area contributed by atoms with Crippen molar-refractivity contribution in [2.45, 2.75) is 45.5 Å². The maximum atomic E-state index is 12.9. The van der Waals surface area contributed by atoms with Gasteiger partial charge in [0.1, 0.15) is 11.9 Å². The lowest BCUT2D eigenvalue weighted by Crippen LogP contribution is -2.62. The van der Waals surface area contributed by atoms with Gasteiger partial charge >= 0.3 is 6.18 Å². The van der Waals surface area contributed by atoms with Crippen LogP contribution in [0, 0.1) is 5.41 Å². The second kappa shape index (κ2) is 5.28. The summed E-state index contributed by atoms with van der Waals surface area (Å²) in [5, 5.41) is 3.33. The zero-order chi connectivity index (χ0) is 15.0. The van der Waals surface area contributed by atoms with E-state index in [4.69, 9.17) is 4.74 Å². The van der Waals surface area contributed by atoms with Crippen LogP contribution in [-0.2, 0) is 6.18 Å². The summed E-state index contributed by atoms with van der Waals surface area (Å²) in [5.41, 5.74) is -0.878. The molecule has 112 valence electrons. The number of benzene rings is 1. The van der Waals surface area contributed by atoms with E-state index in [0.29, 0.717) is 0 Å². The first-order valence-corrected chi connectivity index (χ1v) is 6.83. The molecule has 0 saturated heterocycles. The van der Waals surface area contributed by atoms with Crippen molar-refractivity contribution in [3.8, 4) is 5.75 Å². The maximum absolute atomic E-state index is 12.9. The molecule has 1 saturated carbocycles. The summed E-state index contributed by atoms with van der Waals surface area (Å²) >= 11 is 0. The molecule has 0 heterocycles. The van der Waals surface area contributed by atoms with Crippen molar-refractivity contribution in [1.82, 2.24) is 5.32 Å². The van der Waals surface area contributed by atoms with Gasteiger partial charge in [0, 0.05) is 17.9 Å². The van der Waals surface area contributed by atoms with Crippen molar-refractivity contribution >= 4 is 0 Å². The Bertz CT molecular complexity index is 470. The molecule has 0 bridgehead atoms. The van der Waals surface area contributed by atoms with Gasteiger partial charge in [0.15, 0.2) is 0 Å². The van der Waals surface area contributed by atoms with Crippen molar-refractivity contribution in [2.75, 3.05) is 6.54 Å². The van der Waals surface area contributed by atoms with Crippen molar-refractivity contribution < 1.29 is 17.9 Å². The summed E-state index contributed by atoms with van der Waals surface area (Å²) in [6, 6.07) is 5.68. The van der Waals surface area contributed by atoms with E-state index in [2.05, 4.69) is 5.32 Å². The number of nitrogens with one attached hydrogen (secondary N) is 1. The summed E-state index contributed by atoms with van der Waals surface area (Å²) in [5.74, 6) is -0.0759. The van der Waals surface area contributed by atoms with Crippen LogP contribution in [0.5, 0.6) is 5.75 Å². The number of hydrogen-bond donors (Lipinski definition) is 1. The predicted octanol–water partition coefficient (Wildman–Crippen LogP) is 3.86. The lowest BCUT2D eigenvalue weighted by Gasteiger charge is -2.51. The highest BCUT2D eigenvalue weighted by atomic mass is 19.4. The van der Waals surface area contributed by atoms with E-state index in [-0.39, 0.29) is 23.3 Å². The Balaban J connectivity index is 2.13. The third-order valence-electron chi connectivity index (χ3n) is 4.09. The topological polar surface area (TPSA) is 21.3 Å². The van der Waals surface area contributed by atoms with E-state index in [1.807, 2.05) is 20.8 Å². The van der Waals surface area contributed by atoms with Crippen LogP contribution in [0.25, 0.3) is 0 Å². The van der Waals surface area contributed by atoms with Gasteiger partial charge in [0.25, 0.3) is 0 Å². The Kier molecular flexibility index (Phi) is 4.00. The van der Waals surface area contributed by atoms with Gasteiger partial charge in [-0.25, -0.2) is 0 Å². The Hall–Kier alpha value is -1.23. The fourth-order valence-electron chi connectivity index (χ4n) is 2.64. The van der Waals surface area contributed by atoms with Gasteiger partial charge in [0.05, 0.1) is 5.56 Å². The molecule has 0 spiro atoms. The third-order valence-corrected chi connectivity index (χ3v) is 4.09. The van der Waals surface area contributed by atoms with Crippen LogP contribution in [0.1, 0.15) is 32.8 Å². The minimum absolute atomic E-state index is 0.0759. The molecule has 0 aliphatic heterocycles. The predicted molar refractivity (Wildman–Crippen MR) is 71.7 cm³/mol. The normalized spacial score (nSPS) is 25.1. The van der Waals surface area contributed by atoms with Crippen LogP contribution in [-0.4, -0.2) is 18.7 Å². The molecule has 1 aliphatic carbocycles. The van der Waals surface area contributed by atoms with Gasteiger partial charge in [0.2, 0.25) is 0 Å². The quantitative estimate of drug-likeness (QED) is 0.908. The SMILES string of the molecule is CCNC1CC(Oc2ccccc2C(F)(F)F)C1(C)C. The largest absolute Gasteiger partial charge is 0.489 e. The number of alkyl halides is 3. The second-order valence-corrected chi connectivity index (χ2v) is 5.77. The van der Waals surface area contributed by atoms with E-state index in [1.54, 1.807) is 6.07 Å². The van der Waals surface area contributed by atoms with Crippen LogP contribution >= 0.6 is 0 Å². The summed E-state index contributed by atoms with van der Waals surface area (Å²) in [4.78, 5) is 0. The number of rotatable bonds is 4. The smallest absolute Gasteiger partial charge is 0.419 e. The molecule has 20 heavy (non-hydrogen) atoms. The standard InChI is InChI=1S/C15H20F3NO/c1-4-19-12-9-13(14(12,2)3)20-11-8-6-5-7-10(11)15(16,17)18/h5-8,12-13,19H,4,9H2,1-3H3. The fourth-order valence-corrected chi connectivity index (χ4v) is 2.64. The van der Waals surface area contributed by atoms with Gasteiger partial charge < -0.3 is 10.1 Å². The Labute approximate surface area is 117 Å². The summed E-state index contributed by atoms with van der Waals surface area (Å²) in [6.07, 6.45) is -3.85. The molecule has 1 aromatic carbocycles.